The summed E-state index contributed by atoms with van der Waals surface area (Å²) < 4.78 is 34.8. The summed E-state index contributed by atoms with van der Waals surface area (Å²) >= 11 is 0. The number of hydrogen-bond donors (Lipinski definition) is 3. The molecule has 3 N–H and O–H groups in total. The molecule has 3 amide bonds. The number of piperidine rings is 1. The third-order valence-corrected chi connectivity index (χ3v) is 4.35. The Morgan fingerprint density at radius 3 is 2.84 bits per heavy atom. The van der Waals surface area contributed by atoms with Crippen molar-refractivity contribution >= 4 is 28.2 Å². The molecule has 2 unspecified atom stereocenters. The van der Waals surface area contributed by atoms with Crippen LogP contribution in [-0.2, 0) is 14.7 Å². The zero-order valence-electron chi connectivity index (χ0n) is 12.8. The molecular formula is C13H15N5O6S. The van der Waals surface area contributed by atoms with E-state index < -0.39 is 34.4 Å². The summed E-state index contributed by atoms with van der Waals surface area (Å²) in [4.78, 5) is 29.4. The second kappa shape index (κ2) is 6.38. The van der Waals surface area contributed by atoms with E-state index in [1.165, 1.54) is 23.4 Å². The van der Waals surface area contributed by atoms with E-state index in [-0.39, 0.29) is 17.9 Å². The van der Waals surface area contributed by atoms with Crippen LogP contribution in [-0.4, -0.2) is 64.3 Å². The number of carbonyl (C=O) groups excluding carboxylic acids is 2. The van der Waals surface area contributed by atoms with Gasteiger partial charge in [-0.25, -0.2) is 4.79 Å². The normalized spacial score (nSPS) is 22.8. The van der Waals surface area contributed by atoms with Gasteiger partial charge >= 0.3 is 16.4 Å². The minimum Gasteiger partial charge on any atom is -0.310 e. The highest BCUT2D eigenvalue weighted by Crippen LogP contribution is 2.30. The lowest BCUT2D eigenvalue weighted by atomic mass is 10.00. The SMILES string of the molecule is N=C(NC(=O)c1cccnc1)C1CCC2CN1C(=O)N2OS(=O)(=O)O. The molecule has 2 atom stereocenters. The van der Waals surface area contributed by atoms with Crippen molar-refractivity contribution in [3.63, 3.8) is 0 Å². The van der Waals surface area contributed by atoms with Gasteiger partial charge in [0.05, 0.1) is 17.6 Å². The number of rotatable bonds is 4. The number of hydrogen-bond acceptors (Lipinski definition) is 7. The summed E-state index contributed by atoms with van der Waals surface area (Å²) in [5, 5.41) is 11.1. The number of amidine groups is 1. The Labute approximate surface area is 143 Å². The standard InChI is InChI=1S/C13H15N5O6S/c14-11(16-12(19)8-2-1-5-15-6-8)10-4-3-9-7-17(10)13(20)18(9)24-25(21,22)23/h1-2,5-6,9-10H,3-4,7H2,(H2,14,16,19)(H,21,22,23). The molecule has 2 saturated heterocycles. The Balaban J connectivity index is 1.69. The van der Waals surface area contributed by atoms with Gasteiger partial charge in [0.25, 0.3) is 5.91 Å². The van der Waals surface area contributed by atoms with Crippen LogP contribution in [0.15, 0.2) is 24.5 Å². The van der Waals surface area contributed by atoms with Gasteiger partial charge in [0.15, 0.2) is 0 Å². The first-order valence-corrected chi connectivity index (χ1v) is 8.69. The zero-order chi connectivity index (χ0) is 18.2. The molecule has 1 aromatic rings. The highest BCUT2D eigenvalue weighted by molar-refractivity contribution is 7.80. The van der Waals surface area contributed by atoms with Crippen molar-refractivity contribution in [2.24, 2.45) is 0 Å². The van der Waals surface area contributed by atoms with Crippen molar-refractivity contribution in [3.05, 3.63) is 30.1 Å². The van der Waals surface area contributed by atoms with E-state index in [0.29, 0.717) is 17.9 Å². The molecule has 134 valence electrons. The quantitative estimate of drug-likeness (QED) is 0.377. The number of nitrogens with one attached hydrogen (secondary N) is 2. The number of pyridine rings is 1. The summed E-state index contributed by atoms with van der Waals surface area (Å²) in [6, 6.07) is 1.06. The molecular weight excluding hydrogens is 354 g/mol. The molecule has 2 bridgehead atoms. The van der Waals surface area contributed by atoms with Gasteiger partial charge < -0.3 is 10.2 Å². The van der Waals surface area contributed by atoms with Crippen LogP contribution in [0, 0.1) is 5.41 Å². The monoisotopic (exact) mass is 369 g/mol. The van der Waals surface area contributed by atoms with E-state index >= 15 is 0 Å². The molecule has 12 heteroatoms. The van der Waals surface area contributed by atoms with Gasteiger partial charge in [0.2, 0.25) is 0 Å². The fourth-order valence-electron chi connectivity index (χ4n) is 2.91. The Morgan fingerprint density at radius 2 is 2.20 bits per heavy atom. The Morgan fingerprint density at radius 1 is 1.44 bits per heavy atom. The molecule has 3 heterocycles. The first kappa shape index (κ1) is 17.3. The van der Waals surface area contributed by atoms with Crippen LogP contribution in [0.5, 0.6) is 0 Å². The molecule has 0 spiro atoms. The van der Waals surface area contributed by atoms with Crippen LogP contribution in [0.1, 0.15) is 23.2 Å². The molecule has 25 heavy (non-hydrogen) atoms. The smallest absolute Gasteiger partial charge is 0.310 e. The number of urea groups is 1. The van der Waals surface area contributed by atoms with E-state index in [9.17, 15) is 18.0 Å². The van der Waals surface area contributed by atoms with Crippen molar-refractivity contribution in [1.82, 2.24) is 20.3 Å². The summed E-state index contributed by atoms with van der Waals surface area (Å²) in [6.07, 6.45) is 3.56. The molecule has 0 radical (unpaired) electrons. The van der Waals surface area contributed by atoms with Crippen molar-refractivity contribution < 1.29 is 26.8 Å². The minimum absolute atomic E-state index is 0.129. The molecule has 0 saturated carbocycles. The fourth-order valence-corrected chi connectivity index (χ4v) is 3.29. The number of hydroxylamine groups is 2. The first-order chi connectivity index (χ1) is 11.8. The van der Waals surface area contributed by atoms with Crippen LogP contribution >= 0.6 is 0 Å². The van der Waals surface area contributed by atoms with Gasteiger partial charge in [-0.1, -0.05) is 0 Å². The average molecular weight is 369 g/mol. The van der Waals surface area contributed by atoms with Crippen molar-refractivity contribution in [3.8, 4) is 0 Å². The third kappa shape index (κ3) is 3.60. The summed E-state index contributed by atoms with van der Waals surface area (Å²) in [5.74, 6) is -0.715. The highest BCUT2D eigenvalue weighted by Gasteiger charge is 2.48. The van der Waals surface area contributed by atoms with Gasteiger partial charge in [0.1, 0.15) is 5.84 Å². The Kier molecular flexibility index (Phi) is 4.41. The summed E-state index contributed by atoms with van der Waals surface area (Å²) in [7, 11) is -4.82. The molecule has 2 fully saturated rings. The lowest BCUT2D eigenvalue weighted by Gasteiger charge is -2.30. The van der Waals surface area contributed by atoms with E-state index in [0.717, 1.165) is 0 Å². The van der Waals surface area contributed by atoms with E-state index in [4.69, 9.17) is 9.96 Å². The number of fused-ring (bicyclic) bond motifs is 2. The molecule has 2 aliphatic rings. The topological polar surface area (TPSA) is 153 Å². The third-order valence-electron chi connectivity index (χ3n) is 4.00. The number of carbonyl (C=O) groups is 2. The van der Waals surface area contributed by atoms with Gasteiger partial charge in [-0.15, -0.1) is 4.28 Å². The predicted molar refractivity (Wildman–Crippen MR) is 82.8 cm³/mol. The zero-order valence-corrected chi connectivity index (χ0v) is 13.6. The molecule has 0 aromatic carbocycles. The predicted octanol–water partition coefficient (Wildman–Crippen LogP) is -0.208. The number of amides is 3. The fraction of sp³-hybridized carbons (Fsp3) is 0.385. The second-order valence-corrected chi connectivity index (χ2v) is 6.62. The lowest BCUT2D eigenvalue weighted by molar-refractivity contribution is -0.0316. The van der Waals surface area contributed by atoms with Gasteiger partial charge in [0, 0.05) is 18.9 Å². The Hall–Kier alpha value is -2.57. The minimum atomic E-state index is -4.82. The van der Waals surface area contributed by atoms with Gasteiger partial charge in [-0.3, -0.25) is 19.7 Å². The average Bonchev–Trinajstić information content (AvgIpc) is 2.79. The maximum atomic E-state index is 12.3. The van der Waals surface area contributed by atoms with Crippen molar-refractivity contribution in [2.45, 2.75) is 24.9 Å². The van der Waals surface area contributed by atoms with E-state index in [1.54, 1.807) is 6.07 Å². The van der Waals surface area contributed by atoms with E-state index in [2.05, 4.69) is 14.6 Å². The lowest BCUT2D eigenvalue weighted by Crippen LogP contribution is -2.50. The number of nitrogens with zero attached hydrogens (tertiary/aromatic N) is 3. The van der Waals surface area contributed by atoms with Crippen LogP contribution in [0.2, 0.25) is 0 Å². The molecule has 0 aliphatic carbocycles. The van der Waals surface area contributed by atoms with Crippen LogP contribution in [0.25, 0.3) is 0 Å². The van der Waals surface area contributed by atoms with Crippen LogP contribution in [0.4, 0.5) is 4.79 Å². The maximum absolute atomic E-state index is 12.3. The largest absolute Gasteiger partial charge is 0.418 e. The van der Waals surface area contributed by atoms with Crippen molar-refractivity contribution in [2.75, 3.05) is 6.54 Å². The molecule has 2 aliphatic heterocycles. The summed E-state index contributed by atoms with van der Waals surface area (Å²) in [5.41, 5.74) is 0.269. The maximum Gasteiger partial charge on any atom is 0.418 e. The molecule has 3 rings (SSSR count). The second-order valence-electron chi connectivity index (χ2n) is 5.62. The van der Waals surface area contributed by atoms with Crippen LogP contribution < -0.4 is 5.32 Å². The van der Waals surface area contributed by atoms with E-state index in [1.807, 2.05) is 0 Å². The van der Waals surface area contributed by atoms with Crippen molar-refractivity contribution in [1.29, 1.82) is 5.41 Å². The summed E-state index contributed by atoms with van der Waals surface area (Å²) in [6.45, 7) is 0.129. The Bertz CT molecular complexity index is 813. The van der Waals surface area contributed by atoms with Crippen LogP contribution in [0.3, 0.4) is 0 Å². The highest BCUT2D eigenvalue weighted by atomic mass is 32.3. The molecule has 1 aromatic heterocycles. The van der Waals surface area contributed by atoms with Gasteiger partial charge in [-0.05, 0) is 25.0 Å². The molecule has 11 nitrogen and oxygen atoms in total. The first-order valence-electron chi connectivity index (χ1n) is 7.33. The number of aromatic nitrogens is 1. The van der Waals surface area contributed by atoms with Gasteiger partial charge in [-0.2, -0.15) is 13.5 Å².